The Hall–Kier alpha value is -1.26. The molecule has 0 heterocycles. The number of amides is 1. The quantitative estimate of drug-likeness (QED) is 0.890. The number of rotatable bonds is 3. The number of carboxylic acids is 1. The van der Waals surface area contributed by atoms with Crippen LogP contribution in [0.1, 0.15) is 24.2 Å². The van der Waals surface area contributed by atoms with Crippen LogP contribution in [0.3, 0.4) is 0 Å². The topological polar surface area (TPSA) is 66.4 Å². The van der Waals surface area contributed by atoms with Gasteiger partial charge in [0.05, 0.1) is 10.7 Å². The summed E-state index contributed by atoms with van der Waals surface area (Å²) < 4.78 is 0. The number of halogens is 2. The molecule has 6 heteroatoms. The fourth-order valence-electron chi connectivity index (χ4n) is 1.17. The predicted octanol–water partition coefficient (Wildman–Crippen LogP) is 3.29. The normalized spacial score (nSPS) is 10.4. The van der Waals surface area contributed by atoms with Crippen LogP contribution in [0.4, 0.5) is 5.69 Å². The van der Waals surface area contributed by atoms with Crippen LogP contribution in [0.15, 0.2) is 12.1 Å². The summed E-state index contributed by atoms with van der Waals surface area (Å²) in [5.41, 5.74) is -0.0567. The van der Waals surface area contributed by atoms with Crippen LogP contribution in [0.2, 0.25) is 10.0 Å². The molecule has 17 heavy (non-hydrogen) atoms. The van der Waals surface area contributed by atoms with E-state index in [1.165, 1.54) is 12.1 Å². The van der Waals surface area contributed by atoms with Crippen LogP contribution in [-0.2, 0) is 4.79 Å². The molecule has 0 aliphatic carbocycles. The average molecular weight is 276 g/mol. The molecular weight excluding hydrogens is 265 g/mol. The molecule has 0 aromatic heterocycles. The molecule has 1 aromatic carbocycles. The van der Waals surface area contributed by atoms with Crippen molar-refractivity contribution in [3.8, 4) is 0 Å². The van der Waals surface area contributed by atoms with Crippen LogP contribution < -0.4 is 5.32 Å². The van der Waals surface area contributed by atoms with Gasteiger partial charge in [0.15, 0.2) is 0 Å². The third-order valence-electron chi connectivity index (χ3n) is 2.05. The van der Waals surface area contributed by atoms with Gasteiger partial charge in [-0.25, -0.2) is 4.79 Å². The van der Waals surface area contributed by atoms with E-state index in [2.05, 4.69) is 5.32 Å². The average Bonchev–Trinajstić information content (AvgIpc) is 2.14. The van der Waals surface area contributed by atoms with E-state index in [1.54, 1.807) is 13.8 Å². The Balaban J connectivity index is 3.21. The number of benzene rings is 1. The number of carbonyl (C=O) groups is 2. The fraction of sp³-hybridized carbons (Fsp3) is 0.273. The molecule has 0 saturated heterocycles. The van der Waals surface area contributed by atoms with Gasteiger partial charge in [-0.3, -0.25) is 4.79 Å². The molecule has 0 spiro atoms. The first-order valence-electron chi connectivity index (χ1n) is 4.86. The van der Waals surface area contributed by atoms with Crippen molar-refractivity contribution in [2.45, 2.75) is 13.8 Å². The molecule has 2 N–H and O–H groups in total. The van der Waals surface area contributed by atoms with E-state index >= 15 is 0 Å². The highest BCUT2D eigenvalue weighted by molar-refractivity contribution is 6.37. The number of hydrogen-bond acceptors (Lipinski definition) is 2. The van der Waals surface area contributed by atoms with Crippen molar-refractivity contribution in [1.29, 1.82) is 0 Å². The van der Waals surface area contributed by atoms with Crippen LogP contribution in [0, 0.1) is 5.92 Å². The minimum absolute atomic E-state index is 0.0101. The molecule has 1 amide bonds. The first-order chi connectivity index (χ1) is 7.82. The molecular formula is C11H11Cl2NO3. The van der Waals surface area contributed by atoms with Crippen molar-refractivity contribution < 1.29 is 14.7 Å². The van der Waals surface area contributed by atoms with E-state index in [-0.39, 0.29) is 33.1 Å². The molecule has 92 valence electrons. The van der Waals surface area contributed by atoms with Crippen LogP contribution >= 0.6 is 23.2 Å². The maximum Gasteiger partial charge on any atom is 0.339 e. The second kappa shape index (κ2) is 5.38. The van der Waals surface area contributed by atoms with Gasteiger partial charge < -0.3 is 10.4 Å². The first-order valence-corrected chi connectivity index (χ1v) is 5.61. The molecule has 4 nitrogen and oxygen atoms in total. The molecule has 0 atom stereocenters. The van der Waals surface area contributed by atoms with E-state index in [4.69, 9.17) is 28.3 Å². The Bertz CT molecular complexity index is 472. The van der Waals surface area contributed by atoms with E-state index in [0.29, 0.717) is 0 Å². The summed E-state index contributed by atoms with van der Waals surface area (Å²) in [5.74, 6) is -1.79. The first kappa shape index (κ1) is 13.8. The summed E-state index contributed by atoms with van der Waals surface area (Å²) in [6, 6.07) is 2.68. The number of carboxylic acid groups (broad SMARTS) is 1. The number of carbonyl (C=O) groups excluding carboxylic acids is 1. The van der Waals surface area contributed by atoms with Gasteiger partial charge in [0.1, 0.15) is 5.56 Å². The SMILES string of the molecule is CC(C)C(=O)Nc1cc(Cl)cc(Cl)c1C(=O)O. The Labute approximate surface area is 109 Å². The molecule has 0 radical (unpaired) electrons. The zero-order chi connectivity index (χ0) is 13.2. The minimum Gasteiger partial charge on any atom is -0.478 e. The van der Waals surface area contributed by atoms with E-state index in [0.717, 1.165) is 0 Å². The lowest BCUT2D eigenvalue weighted by molar-refractivity contribution is -0.118. The van der Waals surface area contributed by atoms with Gasteiger partial charge in [-0.15, -0.1) is 0 Å². The lowest BCUT2D eigenvalue weighted by Crippen LogP contribution is -2.19. The molecule has 0 aliphatic heterocycles. The van der Waals surface area contributed by atoms with Crippen molar-refractivity contribution in [2.75, 3.05) is 5.32 Å². The number of nitrogens with one attached hydrogen (secondary N) is 1. The summed E-state index contributed by atoms with van der Waals surface area (Å²) in [6.45, 7) is 3.39. The van der Waals surface area contributed by atoms with Crippen molar-refractivity contribution in [2.24, 2.45) is 5.92 Å². The molecule has 0 aliphatic rings. The zero-order valence-electron chi connectivity index (χ0n) is 9.25. The molecule has 0 unspecified atom stereocenters. The van der Waals surface area contributed by atoms with Gasteiger partial charge in [-0.2, -0.15) is 0 Å². The highest BCUT2D eigenvalue weighted by Gasteiger charge is 2.18. The largest absolute Gasteiger partial charge is 0.478 e. The fourth-order valence-corrected chi connectivity index (χ4v) is 1.74. The van der Waals surface area contributed by atoms with Crippen LogP contribution in [-0.4, -0.2) is 17.0 Å². The standard InChI is InChI=1S/C11H11Cl2NO3/c1-5(2)10(15)14-8-4-6(12)3-7(13)9(8)11(16)17/h3-5H,1-2H3,(H,14,15)(H,16,17). The van der Waals surface area contributed by atoms with Gasteiger partial charge in [0.2, 0.25) is 5.91 Å². The molecule has 0 fully saturated rings. The third-order valence-corrected chi connectivity index (χ3v) is 2.57. The molecule has 1 aromatic rings. The number of aromatic carboxylic acids is 1. The lowest BCUT2D eigenvalue weighted by Gasteiger charge is -2.12. The number of anilines is 1. The smallest absolute Gasteiger partial charge is 0.339 e. The maximum atomic E-state index is 11.5. The summed E-state index contributed by atoms with van der Waals surface area (Å²) >= 11 is 11.5. The highest BCUT2D eigenvalue weighted by Crippen LogP contribution is 2.29. The number of hydrogen-bond donors (Lipinski definition) is 2. The van der Waals surface area contributed by atoms with Gasteiger partial charge >= 0.3 is 5.97 Å². The summed E-state index contributed by atoms with van der Waals surface area (Å²) in [4.78, 5) is 22.5. The Morgan fingerprint density at radius 1 is 1.29 bits per heavy atom. The Morgan fingerprint density at radius 3 is 2.35 bits per heavy atom. The van der Waals surface area contributed by atoms with Gasteiger partial charge in [0, 0.05) is 10.9 Å². The van der Waals surface area contributed by atoms with Gasteiger partial charge in [-0.1, -0.05) is 37.0 Å². The highest BCUT2D eigenvalue weighted by atomic mass is 35.5. The Kier molecular flexibility index (Phi) is 4.37. The van der Waals surface area contributed by atoms with Gasteiger partial charge in [0.25, 0.3) is 0 Å². The summed E-state index contributed by atoms with van der Waals surface area (Å²) in [6.07, 6.45) is 0. The summed E-state index contributed by atoms with van der Waals surface area (Å²) in [5, 5.41) is 11.7. The summed E-state index contributed by atoms with van der Waals surface area (Å²) in [7, 11) is 0. The second-order valence-electron chi connectivity index (χ2n) is 3.76. The van der Waals surface area contributed by atoms with E-state index in [1.807, 2.05) is 0 Å². The monoisotopic (exact) mass is 275 g/mol. The lowest BCUT2D eigenvalue weighted by atomic mass is 10.1. The second-order valence-corrected chi connectivity index (χ2v) is 4.60. The maximum absolute atomic E-state index is 11.5. The van der Waals surface area contributed by atoms with Crippen molar-refractivity contribution >= 4 is 40.8 Å². The molecule has 0 saturated carbocycles. The third kappa shape index (κ3) is 3.35. The van der Waals surface area contributed by atoms with Crippen LogP contribution in [0.5, 0.6) is 0 Å². The molecule has 1 rings (SSSR count). The zero-order valence-corrected chi connectivity index (χ0v) is 10.8. The minimum atomic E-state index is -1.22. The molecule has 0 bridgehead atoms. The van der Waals surface area contributed by atoms with Gasteiger partial charge in [-0.05, 0) is 12.1 Å². The van der Waals surface area contributed by atoms with Crippen LogP contribution in [0.25, 0.3) is 0 Å². The van der Waals surface area contributed by atoms with Crippen molar-refractivity contribution in [1.82, 2.24) is 0 Å². The Morgan fingerprint density at radius 2 is 1.88 bits per heavy atom. The van der Waals surface area contributed by atoms with E-state index in [9.17, 15) is 9.59 Å². The van der Waals surface area contributed by atoms with E-state index < -0.39 is 5.97 Å². The predicted molar refractivity (Wildman–Crippen MR) is 66.9 cm³/mol. The van der Waals surface area contributed by atoms with Crippen molar-refractivity contribution in [3.05, 3.63) is 27.7 Å². The van der Waals surface area contributed by atoms with Crippen molar-refractivity contribution in [3.63, 3.8) is 0 Å².